The molecule has 1 aliphatic heterocycles. The van der Waals surface area contributed by atoms with Gasteiger partial charge in [-0.25, -0.2) is 0 Å². The summed E-state index contributed by atoms with van der Waals surface area (Å²) in [6.45, 7) is 3.78. The van der Waals surface area contributed by atoms with E-state index in [2.05, 4.69) is 0 Å². The van der Waals surface area contributed by atoms with Crippen LogP contribution in [0.3, 0.4) is 0 Å². The molecule has 2 unspecified atom stereocenters. The summed E-state index contributed by atoms with van der Waals surface area (Å²) >= 11 is 0. The zero-order valence-corrected chi connectivity index (χ0v) is 13.9. The molecule has 2 aromatic rings. The molecular formula is C20H21NO3. The lowest BCUT2D eigenvalue weighted by Gasteiger charge is -2.42. The fourth-order valence-electron chi connectivity index (χ4n) is 3.60. The van der Waals surface area contributed by atoms with Gasteiger partial charge in [0.25, 0.3) is 0 Å². The maximum absolute atomic E-state index is 13.2. The van der Waals surface area contributed by atoms with E-state index in [0.717, 1.165) is 5.56 Å². The van der Waals surface area contributed by atoms with E-state index < -0.39 is 17.4 Å². The number of nitrogens with two attached hydrogens (primary N) is 1. The van der Waals surface area contributed by atoms with E-state index in [1.54, 1.807) is 12.1 Å². The lowest BCUT2D eigenvalue weighted by molar-refractivity contribution is -0.118. The summed E-state index contributed by atoms with van der Waals surface area (Å²) < 4.78 is 6.11. The van der Waals surface area contributed by atoms with Gasteiger partial charge >= 0.3 is 0 Å². The van der Waals surface area contributed by atoms with E-state index in [1.807, 2.05) is 56.3 Å². The molecule has 0 fully saturated rings. The second-order valence-electron chi connectivity index (χ2n) is 6.73. The van der Waals surface area contributed by atoms with Gasteiger partial charge < -0.3 is 10.5 Å². The Hall–Kier alpha value is -2.62. The molecule has 0 saturated carbocycles. The largest absolute Gasteiger partial charge is 0.486 e. The predicted molar refractivity (Wildman–Crippen MR) is 92.0 cm³/mol. The number of primary amides is 1. The molecule has 1 aliphatic rings. The molecule has 0 radical (unpaired) electrons. The van der Waals surface area contributed by atoms with Gasteiger partial charge in [-0.15, -0.1) is 0 Å². The third-order valence-electron chi connectivity index (χ3n) is 4.61. The molecule has 3 rings (SSSR count). The minimum Gasteiger partial charge on any atom is -0.486 e. The minimum atomic E-state index is -0.735. The number of amides is 1. The molecule has 4 heteroatoms. The number of benzene rings is 2. The van der Waals surface area contributed by atoms with E-state index in [4.69, 9.17) is 10.5 Å². The van der Waals surface area contributed by atoms with Gasteiger partial charge in [-0.1, -0.05) is 42.5 Å². The van der Waals surface area contributed by atoms with Crippen LogP contribution in [0.2, 0.25) is 0 Å². The Balaban J connectivity index is 2.09. The smallest absolute Gasteiger partial charge is 0.218 e. The number of ether oxygens (including phenoxy) is 1. The van der Waals surface area contributed by atoms with Crippen LogP contribution in [0, 0.1) is 5.92 Å². The van der Waals surface area contributed by atoms with Crippen molar-refractivity contribution >= 4 is 11.7 Å². The molecule has 0 aromatic heterocycles. The van der Waals surface area contributed by atoms with Crippen molar-refractivity contribution in [2.75, 3.05) is 0 Å². The number of para-hydroxylation sites is 1. The van der Waals surface area contributed by atoms with Gasteiger partial charge in [-0.2, -0.15) is 0 Å². The van der Waals surface area contributed by atoms with Gasteiger partial charge in [0.15, 0.2) is 5.78 Å². The molecule has 124 valence electrons. The van der Waals surface area contributed by atoms with Gasteiger partial charge in [0.2, 0.25) is 5.91 Å². The van der Waals surface area contributed by atoms with Crippen molar-refractivity contribution < 1.29 is 14.3 Å². The van der Waals surface area contributed by atoms with Crippen molar-refractivity contribution in [2.45, 2.75) is 31.8 Å². The van der Waals surface area contributed by atoms with Gasteiger partial charge in [-0.3, -0.25) is 9.59 Å². The van der Waals surface area contributed by atoms with Crippen LogP contribution >= 0.6 is 0 Å². The van der Waals surface area contributed by atoms with Crippen LogP contribution in [-0.2, 0) is 4.79 Å². The van der Waals surface area contributed by atoms with Gasteiger partial charge in [0.05, 0.1) is 11.5 Å². The Morgan fingerprint density at radius 1 is 1.12 bits per heavy atom. The highest BCUT2D eigenvalue weighted by Gasteiger charge is 2.47. The fourth-order valence-corrected chi connectivity index (χ4v) is 3.60. The number of carbonyl (C=O) groups excluding carboxylic acids is 2. The molecule has 24 heavy (non-hydrogen) atoms. The summed E-state index contributed by atoms with van der Waals surface area (Å²) in [6, 6.07) is 16.8. The molecule has 0 spiro atoms. The van der Waals surface area contributed by atoms with E-state index >= 15 is 0 Å². The van der Waals surface area contributed by atoms with Crippen molar-refractivity contribution in [1.82, 2.24) is 0 Å². The highest BCUT2D eigenvalue weighted by Crippen LogP contribution is 2.44. The standard InChI is InChI=1S/C20H21NO3/c1-20(2)18(19(23)14-10-6-7-11-16(14)24-20)15(12-17(21)22)13-8-4-3-5-9-13/h3-11,15,18H,12H2,1-2H3,(H2,21,22). The zero-order chi connectivity index (χ0) is 17.3. The van der Waals surface area contributed by atoms with Crippen molar-refractivity contribution in [3.05, 3.63) is 65.7 Å². The quantitative estimate of drug-likeness (QED) is 0.938. The van der Waals surface area contributed by atoms with E-state index in [9.17, 15) is 9.59 Å². The SMILES string of the molecule is CC1(C)Oc2ccccc2C(=O)C1C(CC(N)=O)c1ccccc1. The van der Waals surface area contributed by atoms with Gasteiger partial charge in [0.1, 0.15) is 11.4 Å². The highest BCUT2D eigenvalue weighted by atomic mass is 16.5. The number of carbonyl (C=O) groups is 2. The first-order valence-electron chi connectivity index (χ1n) is 8.05. The number of hydrogen-bond acceptors (Lipinski definition) is 3. The molecule has 2 N–H and O–H groups in total. The number of fused-ring (bicyclic) bond motifs is 1. The average Bonchev–Trinajstić information content (AvgIpc) is 2.53. The van der Waals surface area contributed by atoms with Gasteiger partial charge in [0, 0.05) is 12.3 Å². The van der Waals surface area contributed by atoms with E-state index in [1.165, 1.54) is 0 Å². The lowest BCUT2D eigenvalue weighted by Crippen LogP contribution is -2.49. The fraction of sp³-hybridized carbons (Fsp3) is 0.300. The summed E-state index contributed by atoms with van der Waals surface area (Å²) in [7, 11) is 0. The molecule has 1 heterocycles. The first-order valence-corrected chi connectivity index (χ1v) is 8.05. The van der Waals surface area contributed by atoms with Crippen LogP contribution in [0.1, 0.15) is 42.1 Å². The van der Waals surface area contributed by atoms with Crippen LogP contribution in [0.4, 0.5) is 0 Å². The Morgan fingerprint density at radius 2 is 1.75 bits per heavy atom. The molecule has 0 saturated heterocycles. The van der Waals surface area contributed by atoms with Crippen molar-refractivity contribution in [3.63, 3.8) is 0 Å². The van der Waals surface area contributed by atoms with Crippen LogP contribution in [0.15, 0.2) is 54.6 Å². The zero-order valence-electron chi connectivity index (χ0n) is 13.9. The first-order chi connectivity index (χ1) is 11.4. The second-order valence-corrected chi connectivity index (χ2v) is 6.73. The maximum Gasteiger partial charge on any atom is 0.218 e. The van der Waals surface area contributed by atoms with E-state index in [0.29, 0.717) is 11.3 Å². The summed E-state index contributed by atoms with van der Waals surface area (Å²) in [5.41, 5.74) is 6.22. The number of hydrogen-bond donors (Lipinski definition) is 1. The number of Topliss-reactive ketones (excluding diaryl/α,β-unsaturated/α-hetero) is 1. The summed E-state index contributed by atoms with van der Waals surface area (Å²) in [4.78, 5) is 24.9. The van der Waals surface area contributed by atoms with Crippen LogP contribution < -0.4 is 10.5 Å². The third-order valence-corrected chi connectivity index (χ3v) is 4.61. The number of ketones is 1. The van der Waals surface area contributed by atoms with Crippen LogP contribution in [-0.4, -0.2) is 17.3 Å². The Kier molecular flexibility index (Phi) is 4.14. The Morgan fingerprint density at radius 3 is 2.42 bits per heavy atom. The third kappa shape index (κ3) is 2.92. The minimum absolute atomic E-state index is 0.00282. The van der Waals surface area contributed by atoms with Crippen molar-refractivity contribution in [1.29, 1.82) is 0 Å². The molecule has 0 aliphatic carbocycles. The predicted octanol–water partition coefficient (Wildman–Crippen LogP) is 3.32. The van der Waals surface area contributed by atoms with E-state index in [-0.39, 0.29) is 18.1 Å². The molecular weight excluding hydrogens is 302 g/mol. The van der Waals surface area contributed by atoms with Crippen LogP contribution in [0.25, 0.3) is 0 Å². The monoisotopic (exact) mass is 323 g/mol. The van der Waals surface area contributed by atoms with Crippen molar-refractivity contribution in [2.24, 2.45) is 11.7 Å². The van der Waals surface area contributed by atoms with Crippen LogP contribution in [0.5, 0.6) is 5.75 Å². The molecule has 1 amide bonds. The molecule has 2 atom stereocenters. The van der Waals surface area contributed by atoms with Crippen molar-refractivity contribution in [3.8, 4) is 5.75 Å². The first kappa shape index (κ1) is 16.2. The topological polar surface area (TPSA) is 69.4 Å². The highest BCUT2D eigenvalue weighted by molar-refractivity contribution is 6.02. The summed E-state index contributed by atoms with van der Waals surface area (Å²) in [5, 5.41) is 0. The number of rotatable bonds is 4. The molecule has 2 aromatic carbocycles. The summed E-state index contributed by atoms with van der Waals surface area (Å²) in [5.74, 6) is -0.639. The summed E-state index contributed by atoms with van der Waals surface area (Å²) in [6.07, 6.45) is 0.107. The normalized spacial score (nSPS) is 19.9. The Bertz CT molecular complexity index is 767. The van der Waals surface area contributed by atoms with Gasteiger partial charge in [-0.05, 0) is 31.5 Å². The second kappa shape index (κ2) is 6.11. The lowest BCUT2D eigenvalue weighted by atomic mass is 9.70. The Labute approximate surface area is 141 Å². The maximum atomic E-state index is 13.2. The average molecular weight is 323 g/mol. The molecule has 0 bridgehead atoms. The molecule has 4 nitrogen and oxygen atoms in total.